The number of rotatable bonds is 6. The fourth-order valence-electron chi connectivity index (χ4n) is 10.6. The predicted octanol–water partition coefficient (Wildman–Crippen LogP) is 15.1. The fraction of sp³-hybridized carbons (Fsp3) is 0.136. The van der Waals surface area contributed by atoms with Gasteiger partial charge >= 0.3 is 0 Å². The summed E-state index contributed by atoms with van der Waals surface area (Å²) in [5.41, 5.74) is 15.4. The van der Waals surface area contributed by atoms with Crippen molar-refractivity contribution in [3.63, 3.8) is 0 Å². The Labute approximate surface area is 373 Å². The standard InChI is InChI=1S/C59H47N5/c1-58(2)34-35-59(3,4)54-45(29-19-30-48(54)58)41-25-12-11-24-40(41)42-26-13-16-31-49(42)63-50-32-17-14-27-43(50)46-36-47-44-28-15-18-33-51(44)64(53(47)37-52(46)63)57-61-55(38-20-7-5-8-21-38)60-56(62-57)39-22-9-6-10-23-39/h5-33,36-37H,34-35H2,1-4H3. The number of benzene rings is 8. The predicted molar refractivity (Wildman–Crippen MR) is 266 cm³/mol. The van der Waals surface area contributed by atoms with Gasteiger partial charge in [-0.1, -0.05) is 185 Å². The van der Waals surface area contributed by atoms with E-state index in [9.17, 15) is 0 Å². The molecule has 0 saturated heterocycles. The number of fused-ring (bicyclic) bond motifs is 7. The van der Waals surface area contributed by atoms with Gasteiger partial charge in [0.05, 0.1) is 27.8 Å². The van der Waals surface area contributed by atoms with Crippen molar-refractivity contribution in [3.8, 4) is 56.7 Å². The first-order chi connectivity index (χ1) is 31.2. The molecule has 308 valence electrons. The molecule has 8 aromatic carbocycles. The molecule has 0 atom stereocenters. The Balaban J connectivity index is 1.13. The second kappa shape index (κ2) is 14.5. The molecule has 0 aliphatic heterocycles. The maximum Gasteiger partial charge on any atom is 0.238 e. The first kappa shape index (κ1) is 38.1. The molecule has 5 heteroatoms. The maximum atomic E-state index is 5.25. The van der Waals surface area contributed by atoms with Gasteiger partial charge in [0.25, 0.3) is 0 Å². The van der Waals surface area contributed by atoms with Crippen LogP contribution >= 0.6 is 0 Å². The molecule has 5 nitrogen and oxygen atoms in total. The normalized spacial score (nSPS) is 14.4. The van der Waals surface area contributed by atoms with E-state index in [0.717, 1.165) is 56.1 Å². The highest BCUT2D eigenvalue weighted by atomic mass is 15.2. The average Bonchev–Trinajstić information content (AvgIpc) is 3.84. The van der Waals surface area contributed by atoms with E-state index in [4.69, 9.17) is 15.0 Å². The molecule has 3 heterocycles. The lowest BCUT2D eigenvalue weighted by Crippen LogP contribution is -2.34. The third-order valence-electron chi connectivity index (χ3n) is 13.9. The molecule has 1 aliphatic rings. The van der Waals surface area contributed by atoms with Crippen molar-refractivity contribution in [1.82, 2.24) is 24.1 Å². The Morgan fingerprint density at radius 1 is 0.375 bits per heavy atom. The third kappa shape index (κ3) is 5.95. The van der Waals surface area contributed by atoms with Crippen molar-refractivity contribution in [2.24, 2.45) is 0 Å². The van der Waals surface area contributed by atoms with Crippen LogP contribution in [0.2, 0.25) is 0 Å². The molecule has 0 amide bonds. The van der Waals surface area contributed by atoms with Crippen LogP contribution in [0, 0.1) is 0 Å². The number of para-hydroxylation sites is 3. The molecule has 0 radical (unpaired) electrons. The van der Waals surface area contributed by atoms with Gasteiger partial charge in [0, 0.05) is 38.2 Å². The van der Waals surface area contributed by atoms with Crippen molar-refractivity contribution >= 4 is 43.6 Å². The van der Waals surface area contributed by atoms with Gasteiger partial charge in [-0.3, -0.25) is 4.57 Å². The first-order valence-electron chi connectivity index (χ1n) is 22.4. The molecule has 0 unspecified atom stereocenters. The van der Waals surface area contributed by atoms with Crippen LogP contribution in [0.15, 0.2) is 188 Å². The van der Waals surface area contributed by atoms with E-state index in [1.807, 2.05) is 36.4 Å². The number of aromatic nitrogens is 5. The van der Waals surface area contributed by atoms with E-state index in [0.29, 0.717) is 17.6 Å². The van der Waals surface area contributed by atoms with Crippen LogP contribution in [0.1, 0.15) is 51.7 Å². The minimum Gasteiger partial charge on any atom is -0.309 e. The van der Waals surface area contributed by atoms with E-state index in [1.165, 1.54) is 50.6 Å². The van der Waals surface area contributed by atoms with Gasteiger partial charge in [-0.05, 0) is 81.8 Å². The van der Waals surface area contributed by atoms with Gasteiger partial charge in [-0.2, -0.15) is 9.97 Å². The van der Waals surface area contributed by atoms with Crippen LogP contribution in [-0.4, -0.2) is 24.1 Å². The quantitative estimate of drug-likeness (QED) is 0.168. The molecule has 1 aliphatic carbocycles. The molecule has 0 fully saturated rings. The van der Waals surface area contributed by atoms with Gasteiger partial charge in [0.2, 0.25) is 5.95 Å². The smallest absolute Gasteiger partial charge is 0.238 e. The average molecular weight is 826 g/mol. The van der Waals surface area contributed by atoms with Crippen LogP contribution < -0.4 is 0 Å². The van der Waals surface area contributed by atoms with Gasteiger partial charge in [0.15, 0.2) is 11.6 Å². The van der Waals surface area contributed by atoms with Crippen LogP contribution in [0.4, 0.5) is 0 Å². The van der Waals surface area contributed by atoms with Gasteiger partial charge in [-0.25, -0.2) is 4.98 Å². The van der Waals surface area contributed by atoms with Crippen LogP contribution in [0.5, 0.6) is 0 Å². The molecule has 3 aromatic heterocycles. The van der Waals surface area contributed by atoms with Crippen molar-refractivity contribution in [3.05, 3.63) is 199 Å². The lowest BCUT2D eigenvalue weighted by molar-refractivity contribution is 0.333. The van der Waals surface area contributed by atoms with Gasteiger partial charge in [-0.15, -0.1) is 0 Å². The summed E-state index contributed by atoms with van der Waals surface area (Å²) in [6.07, 6.45) is 2.33. The van der Waals surface area contributed by atoms with Crippen LogP contribution in [-0.2, 0) is 10.8 Å². The third-order valence-corrected chi connectivity index (χ3v) is 13.9. The molecule has 64 heavy (non-hydrogen) atoms. The summed E-state index contributed by atoms with van der Waals surface area (Å²) in [7, 11) is 0. The van der Waals surface area contributed by atoms with Crippen molar-refractivity contribution in [2.75, 3.05) is 0 Å². The van der Waals surface area contributed by atoms with Gasteiger partial charge < -0.3 is 4.57 Å². The summed E-state index contributed by atoms with van der Waals surface area (Å²) >= 11 is 0. The van der Waals surface area contributed by atoms with Crippen molar-refractivity contribution in [1.29, 1.82) is 0 Å². The van der Waals surface area contributed by atoms with Crippen LogP contribution in [0.3, 0.4) is 0 Å². The van der Waals surface area contributed by atoms with E-state index >= 15 is 0 Å². The topological polar surface area (TPSA) is 48.5 Å². The summed E-state index contributed by atoms with van der Waals surface area (Å²) in [6, 6.07) is 67.6. The molecule has 0 spiro atoms. The minimum atomic E-state index is 0.0486. The first-order valence-corrected chi connectivity index (χ1v) is 22.4. The maximum absolute atomic E-state index is 5.25. The summed E-state index contributed by atoms with van der Waals surface area (Å²) in [5.74, 6) is 1.84. The van der Waals surface area contributed by atoms with E-state index in [2.05, 4.69) is 188 Å². The lowest BCUT2D eigenvalue weighted by atomic mass is 9.61. The second-order valence-corrected chi connectivity index (χ2v) is 18.7. The Morgan fingerprint density at radius 2 is 0.859 bits per heavy atom. The zero-order valence-corrected chi connectivity index (χ0v) is 36.5. The Kier molecular flexibility index (Phi) is 8.61. The number of hydrogen-bond donors (Lipinski definition) is 0. The van der Waals surface area contributed by atoms with Crippen molar-refractivity contribution in [2.45, 2.75) is 51.4 Å². The summed E-state index contributed by atoms with van der Waals surface area (Å²) in [4.78, 5) is 15.5. The van der Waals surface area contributed by atoms with Crippen molar-refractivity contribution < 1.29 is 0 Å². The summed E-state index contributed by atoms with van der Waals surface area (Å²) < 4.78 is 4.71. The lowest BCUT2D eigenvalue weighted by Gasteiger charge is -2.43. The largest absolute Gasteiger partial charge is 0.309 e. The molecule has 12 rings (SSSR count). The summed E-state index contributed by atoms with van der Waals surface area (Å²) in [6.45, 7) is 9.69. The number of hydrogen-bond acceptors (Lipinski definition) is 3. The molecule has 0 N–H and O–H groups in total. The Hall–Kier alpha value is -7.63. The second-order valence-electron chi connectivity index (χ2n) is 18.7. The highest BCUT2D eigenvalue weighted by Gasteiger charge is 2.39. The molecular formula is C59H47N5. The minimum absolute atomic E-state index is 0.0486. The Morgan fingerprint density at radius 3 is 1.50 bits per heavy atom. The van der Waals surface area contributed by atoms with E-state index < -0.39 is 0 Å². The molecule has 0 saturated carbocycles. The molecular weight excluding hydrogens is 779 g/mol. The zero-order valence-electron chi connectivity index (χ0n) is 36.5. The molecule has 11 aromatic rings. The van der Waals surface area contributed by atoms with Crippen LogP contribution in [0.25, 0.3) is 100 Å². The summed E-state index contributed by atoms with van der Waals surface area (Å²) in [5, 5.41) is 4.69. The fourth-order valence-corrected chi connectivity index (χ4v) is 10.6. The SMILES string of the molecule is CC1(C)CCC(C)(C)c2c(-c3ccccc3-c3ccccc3-n3c4ccccc4c4cc5c6ccccc6n(-c6nc(-c7ccccc7)nc(-c7ccccc7)n6)c5cc43)cccc21. The zero-order chi connectivity index (χ0) is 43.2. The van der Waals surface area contributed by atoms with Gasteiger partial charge in [0.1, 0.15) is 0 Å². The monoisotopic (exact) mass is 825 g/mol. The van der Waals surface area contributed by atoms with E-state index in [-0.39, 0.29) is 10.8 Å². The van der Waals surface area contributed by atoms with E-state index in [1.54, 1.807) is 0 Å². The molecule has 0 bridgehead atoms. The highest BCUT2D eigenvalue weighted by molar-refractivity contribution is 6.19. The number of nitrogens with zero attached hydrogens (tertiary/aromatic N) is 5. The Bertz CT molecular complexity index is 3550. The highest BCUT2D eigenvalue weighted by Crippen LogP contribution is 2.51.